The van der Waals surface area contributed by atoms with Crippen molar-refractivity contribution in [3.63, 3.8) is 0 Å². The van der Waals surface area contributed by atoms with Gasteiger partial charge in [0.15, 0.2) is 6.61 Å². The van der Waals surface area contributed by atoms with Crippen molar-refractivity contribution in [2.45, 2.75) is 32.2 Å². The second-order valence-corrected chi connectivity index (χ2v) is 4.91. The lowest BCUT2D eigenvalue weighted by atomic mass is 9.80. The van der Waals surface area contributed by atoms with Crippen LogP contribution in [0.2, 0.25) is 0 Å². The van der Waals surface area contributed by atoms with E-state index in [1.54, 1.807) is 24.3 Å². The molecule has 3 N–H and O–H groups in total. The van der Waals surface area contributed by atoms with E-state index >= 15 is 0 Å². The van der Waals surface area contributed by atoms with Crippen LogP contribution < -0.4 is 15.8 Å². The fraction of sp³-hybridized carbons (Fsp3) is 0.500. The Hall–Kier alpha value is -1.71. The van der Waals surface area contributed by atoms with Crippen LogP contribution >= 0.6 is 0 Å². The van der Waals surface area contributed by atoms with Crippen LogP contribution in [0, 0.1) is 5.92 Å². The molecule has 1 aliphatic carbocycles. The van der Waals surface area contributed by atoms with E-state index in [1.807, 2.05) is 0 Å². The summed E-state index contributed by atoms with van der Waals surface area (Å²) in [6.45, 7) is 2.10. The predicted octanol–water partition coefficient (Wildman–Crippen LogP) is 1.95. The van der Waals surface area contributed by atoms with Crippen molar-refractivity contribution in [3.05, 3.63) is 24.3 Å². The average molecular weight is 248 g/mol. The molecule has 1 fully saturated rings. The molecule has 1 aromatic rings. The first-order valence-corrected chi connectivity index (χ1v) is 6.43. The van der Waals surface area contributed by atoms with Crippen LogP contribution in [0.5, 0.6) is 5.75 Å². The van der Waals surface area contributed by atoms with Crippen LogP contribution in [0.1, 0.15) is 26.2 Å². The van der Waals surface area contributed by atoms with Crippen LogP contribution in [0.4, 0.5) is 5.69 Å². The first-order valence-electron chi connectivity index (χ1n) is 6.43. The molecule has 4 heteroatoms. The number of hydrogen-bond acceptors (Lipinski definition) is 3. The van der Waals surface area contributed by atoms with Crippen molar-refractivity contribution in [1.29, 1.82) is 0 Å². The fourth-order valence-electron chi connectivity index (χ4n) is 2.11. The van der Waals surface area contributed by atoms with Gasteiger partial charge in [0, 0.05) is 17.8 Å². The number of carbonyl (C=O) groups is 1. The molecule has 1 atom stereocenters. The summed E-state index contributed by atoms with van der Waals surface area (Å²) in [5.74, 6) is 1.19. The highest BCUT2D eigenvalue weighted by Gasteiger charge is 2.24. The van der Waals surface area contributed by atoms with Crippen molar-refractivity contribution in [2.75, 3.05) is 12.3 Å². The minimum atomic E-state index is -0.0724. The van der Waals surface area contributed by atoms with Gasteiger partial charge < -0.3 is 15.8 Å². The summed E-state index contributed by atoms with van der Waals surface area (Å²) in [6.07, 6.45) is 3.72. The maximum atomic E-state index is 11.7. The number of hydrogen-bond donors (Lipinski definition) is 2. The lowest BCUT2D eigenvalue weighted by Crippen LogP contribution is -2.42. The Kier molecular flexibility index (Phi) is 4.07. The molecule has 1 unspecified atom stereocenters. The SMILES string of the molecule is CC(NC(=O)COc1cccc(N)c1)C1CCC1. The molecule has 0 aliphatic heterocycles. The second-order valence-electron chi connectivity index (χ2n) is 4.91. The number of nitrogen functional groups attached to an aromatic ring is 1. The molecule has 4 nitrogen and oxygen atoms in total. The highest BCUT2D eigenvalue weighted by Crippen LogP contribution is 2.29. The number of nitrogens with one attached hydrogen (secondary N) is 1. The van der Waals surface area contributed by atoms with Gasteiger partial charge >= 0.3 is 0 Å². The molecule has 1 aromatic carbocycles. The average Bonchev–Trinajstić information content (AvgIpc) is 2.24. The first-order chi connectivity index (χ1) is 8.65. The molecular formula is C14H20N2O2. The minimum absolute atomic E-state index is 0.0422. The maximum Gasteiger partial charge on any atom is 0.258 e. The summed E-state index contributed by atoms with van der Waals surface area (Å²) < 4.78 is 5.39. The van der Waals surface area contributed by atoms with Gasteiger partial charge in [-0.2, -0.15) is 0 Å². The Bertz CT molecular complexity index is 416. The maximum absolute atomic E-state index is 11.7. The third-order valence-corrected chi connectivity index (χ3v) is 3.47. The molecule has 1 saturated carbocycles. The van der Waals surface area contributed by atoms with Crippen molar-refractivity contribution in [1.82, 2.24) is 5.32 Å². The summed E-state index contributed by atoms with van der Waals surface area (Å²) >= 11 is 0. The third-order valence-electron chi connectivity index (χ3n) is 3.47. The van der Waals surface area contributed by atoms with Crippen LogP contribution in [0.3, 0.4) is 0 Å². The Morgan fingerprint density at radius 2 is 2.33 bits per heavy atom. The van der Waals surface area contributed by atoms with Crippen LogP contribution in [-0.4, -0.2) is 18.6 Å². The van der Waals surface area contributed by atoms with Gasteiger partial charge in [0.05, 0.1) is 0 Å². The summed E-state index contributed by atoms with van der Waals surface area (Å²) in [4.78, 5) is 11.7. The number of anilines is 1. The van der Waals surface area contributed by atoms with Crippen molar-refractivity contribution in [3.8, 4) is 5.75 Å². The van der Waals surface area contributed by atoms with E-state index < -0.39 is 0 Å². The first kappa shape index (κ1) is 12.7. The summed E-state index contributed by atoms with van der Waals surface area (Å²) in [5.41, 5.74) is 6.27. The summed E-state index contributed by atoms with van der Waals surface area (Å²) in [7, 11) is 0. The Morgan fingerprint density at radius 1 is 1.56 bits per heavy atom. The molecule has 0 heterocycles. The monoisotopic (exact) mass is 248 g/mol. The largest absolute Gasteiger partial charge is 0.484 e. The number of benzene rings is 1. The van der Waals surface area contributed by atoms with Gasteiger partial charge in [0.2, 0.25) is 0 Å². The molecule has 0 saturated heterocycles. The van der Waals surface area contributed by atoms with Gasteiger partial charge in [-0.15, -0.1) is 0 Å². The van der Waals surface area contributed by atoms with E-state index in [0.29, 0.717) is 17.4 Å². The summed E-state index contributed by atoms with van der Waals surface area (Å²) in [5, 5.41) is 2.97. The fourth-order valence-corrected chi connectivity index (χ4v) is 2.11. The molecule has 1 aliphatic rings. The zero-order valence-electron chi connectivity index (χ0n) is 10.7. The highest BCUT2D eigenvalue weighted by atomic mass is 16.5. The highest BCUT2D eigenvalue weighted by molar-refractivity contribution is 5.77. The zero-order valence-corrected chi connectivity index (χ0v) is 10.7. The van der Waals surface area contributed by atoms with Gasteiger partial charge in [-0.25, -0.2) is 0 Å². The van der Waals surface area contributed by atoms with Crippen LogP contribution in [0.15, 0.2) is 24.3 Å². The number of carbonyl (C=O) groups excluding carboxylic acids is 1. The molecule has 98 valence electrons. The quantitative estimate of drug-likeness (QED) is 0.783. The number of ether oxygens (including phenoxy) is 1. The summed E-state index contributed by atoms with van der Waals surface area (Å²) in [6, 6.07) is 7.34. The van der Waals surface area contributed by atoms with Gasteiger partial charge in [-0.1, -0.05) is 12.5 Å². The molecular weight excluding hydrogens is 228 g/mol. The van der Waals surface area contributed by atoms with Crippen molar-refractivity contribution in [2.24, 2.45) is 5.92 Å². The predicted molar refractivity (Wildman–Crippen MR) is 71.3 cm³/mol. The van der Waals surface area contributed by atoms with Gasteiger partial charge in [0.1, 0.15) is 5.75 Å². The Labute approximate surface area is 108 Å². The van der Waals surface area contributed by atoms with Gasteiger partial charge in [-0.3, -0.25) is 4.79 Å². The second kappa shape index (κ2) is 5.76. The normalized spacial score (nSPS) is 16.7. The standard InChI is InChI=1S/C14H20N2O2/c1-10(11-4-2-5-11)16-14(17)9-18-13-7-3-6-12(15)8-13/h3,6-8,10-11H,2,4-5,9,15H2,1H3,(H,16,17). The minimum Gasteiger partial charge on any atom is -0.484 e. The molecule has 0 aromatic heterocycles. The molecule has 0 bridgehead atoms. The van der Waals surface area contributed by atoms with Gasteiger partial charge in [-0.05, 0) is 37.8 Å². The van der Waals surface area contributed by atoms with Crippen molar-refractivity contribution < 1.29 is 9.53 Å². The molecule has 1 amide bonds. The number of rotatable bonds is 5. The molecule has 2 rings (SSSR count). The lowest BCUT2D eigenvalue weighted by molar-refractivity contribution is -0.124. The van der Waals surface area contributed by atoms with E-state index in [9.17, 15) is 4.79 Å². The topological polar surface area (TPSA) is 64.3 Å². The van der Waals surface area contributed by atoms with E-state index in [1.165, 1.54) is 19.3 Å². The molecule has 18 heavy (non-hydrogen) atoms. The smallest absolute Gasteiger partial charge is 0.258 e. The third kappa shape index (κ3) is 3.39. The number of nitrogens with two attached hydrogens (primary N) is 1. The van der Waals surface area contributed by atoms with E-state index in [4.69, 9.17) is 10.5 Å². The Morgan fingerprint density at radius 3 is 2.94 bits per heavy atom. The zero-order chi connectivity index (χ0) is 13.0. The van der Waals surface area contributed by atoms with Crippen molar-refractivity contribution >= 4 is 11.6 Å². The number of amides is 1. The van der Waals surface area contributed by atoms with E-state index in [2.05, 4.69) is 12.2 Å². The Balaban J connectivity index is 1.74. The van der Waals surface area contributed by atoms with Crippen LogP contribution in [-0.2, 0) is 4.79 Å². The lowest BCUT2D eigenvalue weighted by Gasteiger charge is -2.31. The van der Waals surface area contributed by atoms with Gasteiger partial charge in [0.25, 0.3) is 5.91 Å². The van der Waals surface area contributed by atoms with E-state index in [0.717, 1.165) is 0 Å². The van der Waals surface area contributed by atoms with E-state index in [-0.39, 0.29) is 18.6 Å². The molecule has 0 spiro atoms. The molecule has 0 radical (unpaired) electrons. The van der Waals surface area contributed by atoms with Crippen LogP contribution in [0.25, 0.3) is 0 Å².